The fraction of sp³-hybridized carbons (Fsp3) is 0.250. The number of benzene rings is 2. The Morgan fingerprint density at radius 2 is 1.85 bits per heavy atom. The average molecular weight is 480 g/mol. The van der Waals surface area contributed by atoms with Crippen molar-refractivity contribution in [1.29, 1.82) is 0 Å². The maximum atomic E-state index is 12.8. The Morgan fingerprint density at radius 3 is 2.56 bits per heavy atom. The number of aromatic nitrogens is 2. The van der Waals surface area contributed by atoms with E-state index in [2.05, 4.69) is 20.0 Å². The lowest BCUT2D eigenvalue weighted by atomic mass is 10.1. The molecule has 1 saturated heterocycles. The highest BCUT2D eigenvalue weighted by Gasteiger charge is 2.35. The number of sulfonamides is 1. The van der Waals surface area contributed by atoms with Gasteiger partial charge >= 0.3 is 0 Å². The number of aryl methyl sites for hydroxylation is 2. The van der Waals surface area contributed by atoms with Gasteiger partial charge in [-0.15, -0.1) is 0 Å². The van der Waals surface area contributed by atoms with Crippen molar-refractivity contribution in [2.24, 2.45) is 5.92 Å². The van der Waals surface area contributed by atoms with Crippen LogP contribution in [0.5, 0.6) is 0 Å². The summed E-state index contributed by atoms with van der Waals surface area (Å²) >= 11 is 0. The van der Waals surface area contributed by atoms with E-state index in [1.54, 1.807) is 17.9 Å². The van der Waals surface area contributed by atoms with Gasteiger partial charge in [-0.1, -0.05) is 25.1 Å². The number of hydrogen-bond donors (Lipinski definition) is 2. The van der Waals surface area contributed by atoms with Crippen LogP contribution >= 0.6 is 0 Å². The third-order valence-corrected chi connectivity index (χ3v) is 6.96. The van der Waals surface area contributed by atoms with Crippen molar-refractivity contribution in [3.8, 4) is 0 Å². The van der Waals surface area contributed by atoms with Crippen LogP contribution in [-0.2, 0) is 26.0 Å². The van der Waals surface area contributed by atoms with Crippen molar-refractivity contribution in [3.05, 3.63) is 72.1 Å². The molecule has 1 aromatic heterocycles. The molecule has 1 aliphatic rings. The lowest BCUT2D eigenvalue weighted by Crippen LogP contribution is -2.28. The maximum absolute atomic E-state index is 12.8. The average Bonchev–Trinajstić information content (AvgIpc) is 3.20. The third kappa shape index (κ3) is 5.07. The highest BCUT2D eigenvalue weighted by Crippen LogP contribution is 2.29. The molecule has 176 valence electrons. The van der Waals surface area contributed by atoms with Gasteiger partial charge in [0.2, 0.25) is 17.8 Å². The van der Waals surface area contributed by atoms with Gasteiger partial charge in [0.15, 0.2) is 0 Å². The van der Waals surface area contributed by atoms with Crippen LogP contribution in [-0.4, -0.2) is 36.7 Å². The van der Waals surface area contributed by atoms with Crippen LogP contribution in [0.1, 0.15) is 24.6 Å². The van der Waals surface area contributed by atoms with Gasteiger partial charge < -0.3 is 10.2 Å². The number of nitrogens with zero attached hydrogens (tertiary/aromatic N) is 3. The van der Waals surface area contributed by atoms with Crippen LogP contribution in [0.25, 0.3) is 0 Å². The fourth-order valence-corrected chi connectivity index (χ4v) is 4.78. The second-order valence-corrected chi connectivity index (χ2v) is 9.71. The smallest absolute Gasteiger partial charge is 0.264 e. The molecule has 1 fully saturated rings. The lowest BCUT2D eigenvalue weighted by Gasteiger charge is -2.20. The standard InChI is InChI=1S/C24H25N5O4S/c1-3-17-6-4-5-7-21(17)29-15-18(14-22(29)30)23(31)27-19-8-10-20(11-9-19)34(32,33)28-24-25-13-12-16(2)26-24/h4-13,18H,3,14-15H2,1-2H3,(H,27,31)(H,25,26,28). The third-order valence-electron chi connectivity index (χ3n) is 5.61. The normalized spacial score (nSPS) is 15.9. The number of anilines is 3. The topological polar surface area (TPSA) is 121 Å². The van der Waals surface area contributed by atoms with Gasteiger partial charge in [-0.25, -0.2) is 23.1 Å². The molecule has 1 aliphatic heterocycles. The first-order valence-electron chi connectivity index (χ1n) is 10.9. The largest absolute Gasteiger partial charge is 0.326 e. The zero-order valence-corrected chi connectivity index (χ0v) is 19.7. The zero-order chi connectivity index (χ0) is 24.3. The van der Waals surface area contributed by atoms with Gasteiger partial charge in [0.05, 0.1) is 10.8 Å². The summed E-state index contributed by atoms with van der Waals surface area (Å²) in [5, 5.41) is 2.78. The molecule has 4 rings (SSSR count). The van der Waals surface area contributed by atoms with E-state index < -0.39 is 15.9 Å². The fourth-order valence-electron chi connectivity index (χ4n) is 3.83. The van der Waals surface area contributed by atoms with E-state index in [-0.39, 0.29) is 29.1 Å². The van der Waals surface area contributed by atoms with E-state index >= 15 is 0 Å². The Labute approximate surface area is 198 Å². The van der Waals surface area contributed by atoms with Crippen LogP contribution in [0.3, 0.4) is 0 Å². The van der Waals surface area contributed by atoms with Gasteiger partial charge in [0.1, 0.15) is 0 Å². The highest BCUT2D eigenvalue weighted by molar-refractivity contribution is 7.92. The minimum absolute atomic E-state index is 0.00833. The minimum Gasteiger partial charge on any atom is -0.326 e. The van der Waals surface area contributed by atoms with Gasteiger partial charge in [0, 0.05) is 36.2 Å². The van der Waals surface area contributed by atoms with E-state index in [1.807, 2.05) is 31.2 Å². The zero-order valence-electron chi connectivity index (χ0n) is 18.9. The summed E-state index contributed by atoms with van der Waals surface area (Å²) < 4.78 is 27.5. The molecule has 9 nitrogen and oxygen atoms in total. The quantitative estimate of drug-likeness (QED) is 0.537. The number of amides is 2. The number of hydrogen-bond acceptors (Lipinski definition) is 6. The van der Waals surface area contributed by atoms with Crippen molar-refractivity contribution in [2.75, 3.05) is 21.5 Å². The molecular weight excluding hydrogens is 454 g/mol. The number of nitrogens with one attached hydrogen (secondary N) is 2. The molecule has 2 aromatic carbocycles. The molecule has 3 aromatic rings. The molecule has 34 heavy (non-hydrogen) atoms. The predicted octanol–water partition coefficient (Wildman–Crippen LogP) is 3.14. The molecule has 10 heteroatoms. The molecule has 0 aliphatic carbocycles. The van der Waals surface area contributed by atoms with Crippen molar-refractivity contribution in [2.45, 2.75) is 31.6 Å². The van der Waals surface area contributed by atoms with Crippen molar-refractivity contribution >= 4 is 39.2 Å². The Bertz CT molecular complexity index is 1330. The highest BCUT2D eigenvalue weighted by atomic mass is 32.2. The molecule has 2 heterocycles. The molecule has 1 unspecified atom stereocenters. The summed E-state index contributed by atoms with van der Waals surface area (Å²) in [4.78, 5) is 35.0. The van der Waals surface area contributed by atoms with Gasteiger partial charge in [0.25, 0.3) is 10.0 Å². The van der Waals surface area contributed by atoms with E-state index in [4.69, 9.17) is 0 Å². The molecule has 0 radical (unpaired) electrons. The monoisotopic (exact) mass is 479 g/mol. The van der Waals surface area contributed by atoms with Crippen LogP contribution < -0.4 is 14.9 Å². The van der Waals surface area contributed by atoms with Crippen molar-refractivity contribution in [1.82, 2.24) is 9.97 Å². The van der Waals surface area contributed by atoms with Crippen LogP contribution in [0, 0.1) is 12.8 Å². The van der Waals surface area contributed by atoms with Crippen LogP contribution in [0.15, 0.2) is 65.7 Å². The van der Waals surface area contributed by atoms with E-state index in [9.17, 15) is 18.0 Å². The molecule has 0 spiro atoms. The van der Waals surface area contributed by atoms with E-state index in [1.165, 1.54) is 30.5 Å². The lowest BCUT2D eigenvalue weighted by molar-refractivity contribution is -0.122. The summed E-state index contributed by atoms with van der Waals surface area (Å²) in [5.74, 6) is -0.892. The number of rotatable bonds is 7. The van der Waals surface area contributed by atoms with Crippen molar-refractivity contribution < 1.29 is 18.0 Å². The molecule has 2 amide bonds. The number of carbonyl (C=O) groups is 2. The second kappa shape index (κ2) is 9.60. The summed E-state index contributed by atoms with van der Waals surface area (Å²) in [5.41, 5.74) is 2.96. The summed E-state index contributed by atoms with van der Waals surface area (Å²) in [6.07, 6.45) is 2.38. The first-order chi connectivity index (χ1) is 16.3. The molecule has 1 atom stereocenters. The van der Waals surface area contributed by atoms with E-state index in [0.717, 1.165) is 17.7 Å². The predicted molar refractivity (Wildman–Crippen MR) is 129 cm³/mol. The first kappa shape index (κ1) is 23.4. The number of carbonyl (C=O) groups excluding carboxylic acids is 2. The first-order valence-corrected chi connectivity index (χ1v) is 12.4. The van der Waals surface area contributed by atoms with Crippen LogP contribution in [0.2, 0.25) is 0 Å². The Hall–Kier alpha value is -3.79. The van der Waals surface area contributed by atoms with Crippen molar-refractivity contribution in [3.63, 3.8) is 0 Å². The Kier molecular flexibility index (Phi) is 6.60. The second-order valence-electron chi connectivity index (χ2n) is 8.03. The molecule has 2 N–H and O–H groups in total. The summed E-state index contributed by atoms with van der Waals surface area (Å²) in [6, 6.07) is 15.1. The summed E-state index contributed by atoms with van der Waals surface area (Å²) in [7, 11) is -3.88. The molecule has 0 bridgehead atoms. The maximum Gasteiger partial charge on any atom is 0.264 e. The Morgan fingerprint density at radius 1 is 1.12 bits per heavy atom. The van der Waals surface area contributed by atoms with Gasteiger partial charge in [-0.2, -0.15) is 0 Å². The SMILES string of the molecule is CCc1ccccc1N1CC(C(=O)Nc2ccc(S(=O)(=O)Nc3nccc(C)n3)cc2)CC1=O. The minimum atomic E-state index is -3.88. The van der Waals surface area contributed by atoms with Crippen LogP contribution in [0.4, 0.5) is 17.3 Å². The van der Waals surface area contributed by atoms with Gasteiger partial charge in [-0.05, 0) is 55.3 Å². The Balaban J connectivity index is 1.41. The molecule has 0 saturated carbocycles. The number of para-hydroxylation sites is 1. The van der Waals surface area contributed by atoms with Gasteiger partial charge in [-0.3, -0.25) is 9.59 Å². The molecular formula is C24H25N5O4S. The summed E-state index contributed by atoms with van der Waals surface area (Å²) in [6.45, 7) is 4.06. The van der Waals surface area contributed by atoms with E-state index in [0.29, 0.717) is 17.9 Å².